The highest BCUT2D eigenvalue weighted by atomic mass is 35.7. The molecule has 0 atom stereocenters. The first-order valence-electron chi connectivity index (χ1n) is 5.58. The van der Waals surface area contributed by atoms with Crippen molar-refractivity contribution in [1.29, 1.82) is 0 Å². The van der Waals surface area contributed by atoms with Gasteiger partial charge in [0, 0.05) is 10.7 Å². The van der Waals surface area contributed by atoms with Crippen LogP contribution in [0, 0.1) is 0 Å². The number of rotatable bonds is 7. The molecule has 0 aliphatic carbocycles. The fourth-order valence-corrected chi connectivity index (χ4v) is 1.21. The van der Waals surface area contributed by atoms with Gasteiger partial charge in [0.1, 0.15) is 0 Å². The van der Waals surface area contributed by atoms with Crippen LogP contribution in [-0.4, -0.2) is 13.0 Å². The Balaban J connectivity index is 0. The molecule has 0 aromatic carbocycles. The molecule has 3 nitrogen and oxygen atoms in total. The van der Waals surface area contributed by atoms with Gasteiger partial charge in [-0.15, -0.1) is 0 Å². The second-order valence-electron chi connectivity index (χ2n) is 3.53. The third-order valence-electron chi connectivity index (χ3n) is 1.96. The Morgan fingerprint density at radius 2 is 1.07 bits per heavy atom. The summed E-state index contributed by atoms with van der Waals surface area (Å²) in [5.74, 6) is 0. The molecule has 0 saturated carbocycles. The van der Waals surface area contributed by atoms with Gasteiger partial charge in [0.2, 0.25) is 0 Å². The zero-order valence-corrected chi connectivity index (χ0v) is 11.3. The Labute approximate surface area is 98.5 Å². The van der Waals surface area contributed by atoms with Gasteiger partial charge < -0.3 is 0 Å². The highest BCUT2D eigenvalue weighted by molar-refractivity contribution is 8.09. The van der Waals surface area contributed by atoms with Crippen LogP contribution in [0.4, 0.5) is 0 Å². The van der Waals surface area contributed by atoms with Crippen LogP contribution in [0.3, 0.4) is 0 Å². The Hall–Kier alpha value is 0.200. The fourth-order valence-electron chi connectivity index (χ4n) is 1.21. The standard InChI is InChI=1S/C10H22.ClHO3S/c1-3-5-7-9-10-8-6-4-2;1-5(2,3)4/h3-10H2,1-2H3;(H,2,3,4). The van der Waals surface area contributed by atoms with Crippen LogP contribution in [0.5, 0.6) is 0 Å². The average molecular weight is 259 g/mol. The quantitative estimate of drug-likeness (QED) is 0.424. The van der Waals surface area contributed by atoms with Gasteiger partial charge in [-0.05, 0) is 0 Å². The predicted molar refractivity (Wildman–Crippen MR) is 65.7 cm³/mol. The molecule has 94 valence electrons. The minimum atomic E-state index is -4.19. The Bertz CT molecular complexity index is 187. The molecule has 0 saturated heterocycles. The molecule has 5 heteroatoms. The van der Waals surface area contributed by atoms with Crippen LogP contribution >= 0.6 is 10.7 Å². The summed E-state index contributed by atoms with van der Waals surface area (Å²) in [6.45, 7) is 4.54. The lowest BCUT2D eigenvalue weighted by Gasteiger charge is -1.97. The molecule has 0 aromatic heterocycles. The van der Waals surface area contributed by atoms with Crippen molar-refractivity contribution in [2.45, 2.75) is 65.2 Å². The van der Waals surface area contributed by atoms with Gasteiger partial charge in [-0.3, -0.25) is 4.55 Å². The first-order chi connectivity index (χ1) is 6.91. The van der Waals surface area contributed by atoms with E-state index in [1.54, 1.807) is 0 Å². The third kappa shape index (κ3) is 40.8. The summed E-state index contributed by atoms with van der Waals surface area (Å²) in [7, 11) is -0.137. The molecule has 0 unspecified atom stereocenters. The van der Waals surface area contributed by atoms with Crippen molar-refractivity contribution in [2.75, 3.05) is 0 Å². The van der Waals surface area contributed by atoms with E-state index < -0.39 is 9.33 Å². The predicted octanol–water partition coefficient (Wildman–Crippen LogP) is 4.18. The molecule has 0 bridgehead atoms. The first kappa shape index (κ1) is 17.6. The Kier molecular flexibility index (Phi) is 14.4. The molecule has 0 fully saturated rings. The summed E-state index contributed by atoms with van der Waals surface area (Å²) in [5.41, 5.74) is 0. The van der Waals surface area contributed by atoms with Crippen LogP contribution < -0.4 is 0 Å². The molecule has 0 rings (SSSR count). The van der Waals surface area contributed by atoms with E-state index in [0.29, 0.717) is 0 Å². The van der Waals surface area contributed by atoms with Crippen molar-refractivity contribution in [3.8, 4) is 0 Å². The molecule has 0 aliphatic rings. The molecule has 0 aliphatic heterocycles. The topological polar surface area (TPSA) is 54.4 Å². The van der Waals surface area contributed by atoms with Crippen molar-refractivity contribution in [3.63, 3.8) is 0 Å². The van der Waals surface area contributed by atoms with Crippen LogP contribution in [0.25, 0.3) is 0 Å². The summed E-state index contributed by atoms with van der Waals surface area (Å²) in [6, 6.07) is 0. The highest BCUT2D eigenvalue weighted by Crippen LogP contribution is 2.07. The van der Waals surface area contributed by atoms with Gasteiger partial charge >= 0.3 is 9.33 Å². The molecule has 0 amide bonds. The average Bonchev–Trinajstić information content (AvgIpc) is 2.08. The van der Waals surface area contributed by atoms with Crippen molar-refractivity contribution < 1.29 is 13.0 Å². The van der Waals surface area contributed by atoms with E-state index in [-0.39, 0.29) is 0 Å². The lowest BCUT2D eigenvalue weighted by atomic mass is 10.1. The van der Waals surface area contributed by atoms with E-state index in [1.165, 1.54) is 51.4 Å². The van der Waals surface area contributed by atoms with Gasteiger partial charge in [-0.2, -0.15) is 8.42 Å². The minimum Gasteiger partial charge on any atom is -0.273 e. The first-order valence-corrected chi connectivity index (χ1v) is 7.85. The van der Waals surface area contributed by atoms with Crippen LogP contribution in [-0.2, 0) is 9.33 Å². The van der Waals surface area contributed by atoms with E-state index in [2.05, 4.69) is 24.5 Å². The van der Waals surface area contributed by atoms with Crippen LogP contribution in [0.1, 0.15) is 65.2 Å². The smallest absolute Gasteiger partial charge is 0.273 e. The number of hydrogen-bond donors (Lipinski definition) is 1. The summed E-state index contributed by atoms with van der Waals surface area (Å²) in [6.07, 6.45) is 11.5. The maximum Gasteiger partial charge on any atom is 0.353 e. The normalized spacial score (nSPS) is 10.7. The van der Waals surface area contributed by atoms with Gasteiger partial charge in [0.15, 0.2) is 0 Å². The second kappa shape index (κ2) is 12.3. The summed E-state index contributed by atoms with van der Waals surface area (Å²) in [4.78, 5) is 0. The highest BCUT2D eigenvalue weighted by Gasteiger charge is 1.87. The van der Waals surface area contributed by atoms with E-state index in [0.717, 1.165) is 0 Å². The van der Waals surface area contributed by atoms with Gasteiger partial charge in [0.05, 0.1) is 0 Å². The molecule has 1 N–H and O–H groups in total. The van der Waals surface area contributed by atoms with E-state index in [9.17, 15) is 0 Å². The van der Waals surface area contributed by atoms with Gasteiger partial charge in [-0.1, -0.05) is 65.2 Å². The van der Waals surface area contributed by atoms with E-state index >= 15 is 0 Å². The lowest BCUT2D eigenvalue weighted by molar-refractivity contribution is 0.501. The SMILES string of the molecule is CCCCCCCCCC.O=S(=O)(O)Cl. The van der Waals surface area contributed by atoms with Gasteiger partial charge in [-0.25, -0.2) is 0 Å². The maximum atomic E-state index is 8.95. The molecular weight excluding hydrogens is 236 g/mol. The molecule has 0 spiro atoms. The van der Waals surface area contributed by atoms with Crippen LogP contribution in [0.2, 0.25) is 0 Å². The Morgan fingerprint density at radius 1 is 0.867 bits per heavy atom. The zero-order valence-electron chi connectivity index (χ0n) is 9.71. The van der Waals surface area contributed by atoms with E-state index in [1.807, 2.05) is 0 Å². The minimum absolute atomic E-state index is 1.37. The summed E-state index contributed by atoms with van der Waals surface area (Å²) in [5, 5.41) is 0. The molecular formula is C10H23ClO3S. The summed E-state index contributed by atoms with van der Waals surface area (Å²) < 4.78 is 25.2. The number of unbranched alkanes of at least 4 members (excludes halogenated alkanes) is 7. The van der Waals surface area contributed by atoms with Crippen molar-refractivity contribution in [2.24, 2.45) is 0 Å². The monoisotopic (exact) mass is 258 g/mol. The molecule has 15 heavy (non-hydrogen) atoms. The summed E-state index contributed by atoms with van der Waals surface area (Å²) >= 11 is 0. The fraction of sp³-hybridized carbons (Fsp3) is 1.00. The molecule has 0 radical (unpaired) electrons. The maximum absolute atomic E-state index is 8.95. The number of halogens is 1. The van der Waals surface area contributed by atoms with E-state index in [4.69, 9.17) is 13.0 Å². The van der Waals surface area contributed by atoms with Crippen molar-refractivity contribution in [3.05, 3.63) is 0 Å². The van der Waals surface area contributed by atoms with Crippen molar-refractivity contribution in [1.82, 2.24) is 0 Å². The largest absolute Gasteiger partial charge is 0.353 e. The lowest BCUT2D eigenvalue weighted by Crippen LogP contribution is -1.77. The van der Waals surface area contributed by atoms with Gasteiger partial charge in [0.25, 0.3) is 0 Å². The van der Waals surface area contributed by atoms with Crippen molar-refractivity contribution >= 4 is 20.0 Å². The third-order valence-corrected chi connectivity index (χ3v) is 1.96. The molecule has 0 aromatic rings. The zero-order chi connectivity index (χ0) is 12.2. The molecule has 0 heterocycles. The Morgan fingerprint density at radius 3 is 1.27 bits per heavy atom. The van der Waals surface area contributed by atoms with Crippen LogP contribution in [0.15, 0.2) is 0 Å². The number of hydrogen-bond acceptors (Lipinski definition) is 2. The second-order valence-corrected chi connectivity index (χ2v) is 5.53.